The Morgan fingerprint density at radius 3 is 2.78 bits per heavy atom. The van der Waals surface area contributed by atoms with Gasteiger partial charge in [0.05, 0.1) is 5.56 Å². The van der Waals surface area contributed by atoms with E-state index in [9.17, 15) is 18.0 Å². The van der Waals surface area contributed by atoms with Crippen molar-refractivity contribution in [3.63, 3.8) is 0 Å². The SMILES string of the molecule is C#Cc1cc(NC2CCCN(C(=O)C=C)C2)cc(C(F)(F)F)c1. The number of piperidine rings is 1. The maximum absolute atomic E-state index is 12.9. The van der Waals surface area contributed by atoms with E-state index in [4.69, 9.17) is 6.42 Å². The third-order valence-corrected chi connectivity index (χ3v) is 3.71. The molecule has 0 radical (unpaired) electrons. The lowest BCUT2D eigenvalue weighted by Gasteiger charge is -2.33. The third kappa shape index (κ3) is 4.28. The summed E-state index contributed by atoms with van der Waals surface area (Å²) in [6.45, 7) is 4.50. The Labute approximate surface area is 133 Å². The van der Waals surface area contributed by atoms with Gasteiger partial charge >= 0.3 is 6.18 Å². The van der Waals surface area contributed by atoms with Gasteiger partial charge < -0.3 is 10.2 Å². The number of carbonyl (C=O) groups is 1. The number of carbonyl (C=O) groups excluding carboxylic acids is 1. The first kappa shape index (κ1) is 16.9. The molecular formula is C17H17F3N2O. The molecular weight excluding hydrogens is 305 g/mol. The Morgan fingerprint density at radius 2 is 2.17 bits per heavy atom. The van der Waals surface area contributed by atoms with Crippen molar-refractivity contribution in [2.45, 2.75) is 25.1 Å². The average Bonchev–Trinajstić information content (AvgIpc) is 2.53. The van der Waals surface area contributed by atoms with E-state index in [0.29, 0.717) is 18.8 Å². The summed E-state index contributed by atoms with van der Waals surface area (Å²) in [5.74, 6) is 2.06. The van der Waals surface area contributed by atoms with Crippen LogP contribution in [0.4, 0.5) is 18.9 Å². The summed E-state index contributed by atoms with van der Waals surface area (Å²) in [6, 6.07) is 3.36. The molecule has 0 aromatic heterocycles. The number of benzene rings is 1. The number of nitrogens with zero attached hydrogens (tertiary/aromatic N) is 1. The molecule has 0 spiro atoms. The highest BCUT2D eigenvalue weighted by atomic mass is 19.4. The largest absolute Gasteiger partial charge is 0.416 e. The van der Waals surface area contributed by atoms with Crippen LogP contribution in [0.2, 0.25) is 0 Å². The lowest BCUT2D eigenvalue weighted by Crippen LogP contribution is -2.44. The van der Waals surface area contributed by atoms with Crippen molar-refractivity contribution >= 4 is 11.6 Å². The lowest BCUT2D eigenvalue weighted by molar-refractivity contribution is -0.137. The quantitative estimate of drug-likeness (QED) is 0.684. The fraction of sp³-hybridized carbons (Fsp3) is 0.353. The predicted octanol–water partition coefficient (Wildman–Crippen LogP) is 3.28. The number of nitrogens with one attached hydrogen (secondary N) is 1. The van der Waals surface area contributed by atoms with Gasteiger partial charge in [-0.2, -0.15) is 13.2 Å². The zero-order valence-electron chi connectivity index (χ0n) is 12.5. The molecule has 1 aliphatic heterocycles. The summed E-state index contributed by atoms with van der Waals surface area (Å²) in [5.41, 5.74) is -0.312. The van der Waals surface area contributed by atoms with E-state index < -0.39 is 11.7 Å². The normalized spacial score (nSPS) is 18.2. The number of terminal acetylenes is 1. The molecule has 1 aromatic carbocycles. The first-order chi connectivity index (χ1) is 10.8. The Bertz CT molecular complexity index is 646. The number of likely N-dealkylation sites (tertiary alicyclic amines) is 1. The molecule has 1 atom stereocenters. The van der Waals surface area contributed by atoms with Crippen LogP contribution in [0.3, 0.4) is 0 Å². The summed E-state index contributed by atoms with van der Waals surface area (Å²) in [4.78, 5) is 13.3. The van der Waals surface area contributed by atoms with Crippen LogP contribution < -0.4 is 5.32 Å². The number of rotatable bonds is 3. The minimum Gasteiger partial charge on any atom is -0.380 e. The molecule has 1 amide bonds. The van der Waals surface area contributed by atoms with Crippen molar-refractivity contribution in [1.82, 2.24) is 4.90 Å². The van der Waals surface area contributed by atoms with Gasteiger partial charge in [0.15, 0.2) is 0 Å². The summed E-state index contributed by atoms with van der Waals surface area (Å²) in [7, 11) is 0. The highest BCUT2D eigenvalue weighted by molar-refractivity contribution is 5.87. The summed E-state index contributed by atoms with van der Waals surface area (Å²) in [6.07, 6.45) is 3.56. The fourth-order valence-corrected chi connectivity index (χ4v) is 2.62. The van der Waals surface area contributed by atoms with Crippen molar-refractivity contribution in [1.29, 1.82) is 0 Å². The second kappa shape index (κ2) is 6.78. The van der Waals surface area contributed by atoms with Crippen molar-refractivity contribution in [3.8, 4) is 12.3 Å². The van der Waals surface area contributed by atoms with Crippen LogP contribution in [-0.2, 0) is 11.0 Å². The topological polar surface area (TPSA) is 32.3 Å². The van der Waals surface area contributed by atoms with Gasteiger partial charge in [-0.05, 0) is 37.1 Å². The van der Waals surface area contributed by atoms with Gasteiger partial charge in [-0.15, -0.1) is 6.42 Å². The van der Waals surface area contributed by atoms with E-state index in [2.05, 4.69) is 17.8 Å². The molecule has 3 nitrogen and oxygen atoms in total. The highest BCUT2D eigenvalue weighted by Crippen LogP contribution is 2.32. The van der Waals surface area contributed by atoms with E-state index in [1.807, 2.05) is 0 Å². The second-order valence-electron chi connectivity index (χ2n) is 5.41. The molecule has 1 aliphatic rings. The van der Waals surface area contributed by atoms with Crippen molar-refractivity contribution in [3.05, 3.63) is 42.0 Å². The molecule has 0 aliphatic carbocycles. The van der Waals surface area contributed by atoms with Crippen molar-refractivity contribution in [2.24, 2.45) is 0 Å². The number of halogens is 3. The van der Waals surface area contributed by atoms with Crippen molar-refractivity contribution in [2.75, 3.05) is 18.4 Å². The molecule has 0 bridgehead atoms. The molecule has 6 heteroatoms. The maximum Gasteiger partial charge on any atom is 0.416 e. The second-order valence-corrected chi connectivity index (χ2v) is 5.41. The summed E-state index contributed by atoms with van der Waals surface area (Å²) in [5, 5.41) is 3.05. The number of anilines is 1. The smallest absolute Gasteiger partial charge is 0.380 e. The van der Waals surface area contributed by atoms with E-state index in [0.717, 1.165) is 25.0 Å². The van der Waals surface area contributed by atoms with Gasteiger partial charge in [0, 0.05) is 30.4 Å². The van der Waals surface area contributed by atoms with Gasteiger partial charge in [-0.25, -0.2) is 0 Å². The van der Waals surface area contributed by atoms with E-state index >= 15 is 0 Å². The minimum atomic E-state index is -4.46. The molecule has 122 valence electrons. The van der Waals surface area contributed by atoms with E-state index in [1.165, 1.54) is 12.1 Å². The first-order valence-electron chi connectivity index (χ1n) is 7.20. The molecule has 1 heterocycles. The molecule has 23 heavy (non-hydrogen) atoms. The molecule has 1 unspecified atom stereocenters. The molecule has 2 rings (SSSR count). The monoisotopic (exact) mass is 322 g/mol. The van der Waals surface area contributed by atoms with E-state index in [1.54, 1.807) is 4.90 Å². The minimum absolute atomic E-state index is 0.123. The number of amides is 1. The Kier molecular flexibility index (Phi) is 4.99. The molecule has 1 N–H and O–H groups in total. The standard InChI is InChI=1S/C17H17F3N2O/c1-3-12-8-13(17(18,19)20)10-15(9-12)21-14-6-5-7-22(11-14)16(23)4-2/h1,4,8-10,14,21H,2,5-7,11H2. The van der Waals surface area contributed by atoms with Gasteiger partial charge in [-0.1, -0.05) is 12.5 Å². The fourth-order valence-electron chi connectivity index (χ4n) is 2.62. The van der Waals surface area contributed by atoms with Crippen LogP contribution in [0.25, 0.3) is 0 Å². The Balaban J connectivity index is 2.18. The van der Waals surface area contributed by atoms with Crippen molar-refractivity contribution < 1.29 is 18.0 Å². The molecule has 0 saturated carbocycles. The predicted molar refractivity (Wildman–Crippen MR) is 82.8 cm³/mol. The number of hydrogen-bond acceptors (Lipinski definition) is 2. The molecule has 1 fully saturated rings. The Hall–Kier alpha value is -2.42. The van der Waals surface area contributed by atoms with Gasteiger partial charge in [0.2, 0.25) is 5.91 Å². The van der Waals surface area contributed by atoms with Crippen LogP contribution in [0.15, 0.2) is 30.9 Å². The molecule has 1 saturated heterocycles. The van der Waals surface area contributed by atoms with Crippen LogP contribution in [0.1, 0.15) is 24.0 Å². The average molecular weight is 322 g/mol. The number of alkyl halides is 3. The third-order valence-electron chi connectivity index (χ3n) is 3.71. The maximum atomic E-state index is 12.9. The van der Waals surface area contributed by atoms with Gasteiger partial charge in [-0.3, -0.25) is 4.79 Å². The highest BCUT2D eigenvalue weighted by Gasteiger charge is 2.31. The lowest BCUT2D eigenvalue weighted by atomic mass is 10.0. The molecule has 1 aromatic rings. The van der Waals surface area contributed by atoms with Crippen LogP contribution in [0.5, 0.6) is 0 Å². The summed E-state index contributed by atoms with van der Waals surface area (Å²) >= 11 is 0. The zero-order valence-corrected chi connectivity index (χ0v) is 12.5. The van der Waals surface area contributed by atoms with Gasteiger partial charge in [0.1, 0.15) is 0 Å². The van der Waals surface area contributed by atoms with Crippen LogP contribution in [-0.4, -0.2) is 29.9 Å². The van der Waals surface area contributed by atoms with E-state index in [-0.39, 0.29) is 17.5 Å². The van der Waals surface area contributed by atoms with Gasteiger partial charge in [0.25, 0.3) is 0 Å². The van der Waals surface area contributed by atoms with Crippen LogP contribution in [0, 0.1) is 12.3 Å². The zero-order chi connectivity index (χ0) is 17.0. The number of hydrogen-bond donors (Lipinski definition) is 1. The first-order valence-corrected chi connectivity index (χ1v) is 7.20. The summed E-state index contributed by atoms with van der Waals surface area (Å²) < 4.78 is 38.7. The van der Waals surface area contributed by atoms with Crippen LogP contribution >= 0.6 is 0 Å². The Morgan fingerprint density at radius 1 is 1.43 bits per heavy atom.